The van der Waals surface area contributed by atoms with Crippen molar-refractivity contribution in [2.24, 2.45) is 5.92 Å². The summed E-state index contributed by atoms with van der Waals surface area (Å²) >= 11 is 0. The minimum Gasteiger partial charge on any atom is -0.0654 e. The number of unbranched alkanes of at least 4 members (excludes halogenated alkanes) is 25. The molecule has 0 aliphatic carbocycles. The summed E-state index contributed by atoms with van der Waals surface area (Å²) in [4.78, 5) is 0. The highest BCUT2D eigenvalue weighted by Crippen LogP contribution is 2.35. The van der Waals surface area contributed by atoms with Crippen molar-refractivity contribution in [2.45, 2.75) is 240 Å². The van der Waals surface area contributed by atoms with E-state index in [1.54, 1.807) is 0 Å². The molecule has 0 N–H and O–H groups in total. The van der Waals surface area contributed by atoms with Crippen LogP contribution >= 0.6 is 0 Å². The predicted octanol–water partition coefficient (Wildman–Crippen LogP) is 15.1. The van der Waals surface area contributed by atoms with Crippen LogP contribution in [-0.2, 0) is 0 Å². The second kappa shape index (κ2) is 34.2. The van der Waals surface area contributed by atoms with E-state index < -0.39 is 0 Å². The fourth-order valence-electron chi connectivity index (χ4n) is 6.58. The van der Waals surface area contributed by atoms with Gasteiger partial charge in [0.15, 0.2) is 0 Å². The smallest absolute Gasteiger partial charge is 0.0210 e. The SMILES string of the molecule is CCCCCCCCCCCCC[C](CCCCC)C(CCCCCC)CCCCCCCCCCCCC. The molecule has 0 aliphatic rings. The molecule has 0 aromatic carbocycles. The van der Waals surface area contributed by atoms with Crippen molar-refractivity contribution < 1.29 is 0 Å². The molecule has 0 aliphatic heterocycles. The molecule has 1 unspecified atom stereocenters. The van der Waals surface area contributed by atoms with Crippen LogP contribution in [-0.4, -0.2) is 0 Å². The Morgan fingerprint density at radius 1 is 0.282 bits per heavy atom. The number of rotatable bonds is 34. The minimum atomic E-state index is 0.945. The lowest BCUT2D eigenvalue weighted by atomic mass is 9.78. The summed E-state index contributed by atoms with van der Waals surface area (Å²) in [6, 6.07) is 0. The van der Waals surface area contributed by atoms with Crippen molar-refractivity contribution >= 4 is 0 Å². The Morgan fingerprint density at radius 3 is 0.872 bits per heavy atom. The van der Waals surface area contributed by atoms with Crippen LogP contribution in [0.1, 0.15) is 240 Å². The molecule has 0 aromatic rings. The molecule has 0 heterocycles. The highest BCUT2D eigenvalue weighted by Gasteiger charge is 2.21. The first-order valence-electron chi connectivity index (χ1n) is 19.1. The highest BCUT2D eigenvalue weighted by molar-refractivity contribution is 4.96. The van der Waals surface area contributed by atoms with Crippen LogP contribution in [0.15, 0.2) is 0 Å². The Bertz CT molecular complexity index is 412. The molecule has 0 rings (SSSR count). The van der Waals surface area contributed by atoms with E-state index in [0.29, 0.717) is 0 Å². The molecule has 0 saturated heterocycles. The van der Waals surface area contributed by atoms with Crippen LogP contribution < -0.4 is 0 Å². The van der Waals surface area contributed by atoms with Crippen LogP contribution in [0.25, 0.3) is 0 Å². The summed E-state index contributed by atoms with van der Waals surface area (Å²) in [7, 11) is 0. The fraction of sp³-hybridized carbons (Fsp3) is 0.974. The molecule has 0 nitrogen and oxygen atoms in total. The van der Waals surface area contributed by atoms with Crippen LogP contribution in [0.2, 0.25) is 0 Å². The van der Waals surface area contributed by atoms with E-state index in [2.05, 4.69) is 27.7 Å². The molecule has 0 bridgehead atoms. The van der Waals surface area contributed by atoms with Crippen LogP contribution in [0.3, 0.4) is 0 Å². The first kappa shape index (κ1) is 39.0. The van der Waals surface area contributed by atoms with Crippen LogP contribution in [0.4, 0.5) is 0 Å². The summed E-state index contributed by atoms with van der Waals surface area (Å²) in [5.74, 6) is 2.95. The van der Waals surface area contributed by atoms with Gasteiger partial charge in [0.2, 0.25) is 0 Å². The van der Waals surface area contributed by atoms with E-state index in [-0.39, 0.29) is 0 Å². The van der Waals surface area contributed by atoms with Gasteiger partial charge in [0, 0.05) is 0 Å². The van der Waals surface area contributed by atoms with Crippen molar-refractivity contribution in [3.63, 3.8) is 0 Å². The van der Waals surface area contributed by atoms with Crippen molar-refractivity contribution in [3.8, 4) is 0 Å². The topological polar surface area (TPSA) is 0 Å². The van der Waals surface area contributed by atoms with Gasteiger partial charge in [-0.2, -0.15) is 0 Å². The fourth-order valence-corrected chi connectivity index (χ4v) is 6.58. The van der Waals surface area contributed by atoms with Crippen LogP contribution in [0, 0.1) is 11.8 Å². The standard InChI is InChI=1S/C39H79/c1-5-9-13-16-18-20-22-24-26-28-32-36-38(34-30-12-8-4)39(35-31-15-11-7-3)37-33-29-27-25-23-21-19-17-14-10-6-2/h39H,5-37H2,1-4H3. The van der Waals surface area contributed by atoms with Crippen molar-refractivity contribution in [1.29, 1.82) is 0 Å². The molecule has 39 heavy (non-hydrogen) atoms. The second-order valence-corrected chi connectivity index (χ2v) is 13.3. The van der Waals surface area contributed by atoms with Gasteiger partial charge >= 0.3 is 0 Å². The number of hydrogen-bond donors (Lipinski definition) is 0. The third kappa shape index (κ3) is 29.3. The zero-order valence-electron chi connectivity index (χ0n) is 28.4. The maximum absolute atomic E-state index is 2.37. The van der Waals surface area contributed by atoms with Gasteiger partial charge < -0.3 is 0 Å². The lowest BCUT2D eigenvalue weighted by Crippen LogP contribution is -2.14. The van der Waals surface area contributed by atoms with Gasteiger partial charge in [-0.1, -0.05) is 214 Å². The molecule has 0 amide bonds. The molecule has 235 valence electrons. The van der Waals surface area contributed by atoms with E-state index in [9.17, 15) is 0 Å². The van der Waals surface area contributed by atoms with E-state index >= 15 is 0 Å². The van der Waals surface area contributed by atoms with Gasteiger partial charge in [-0.3, -0.25) is 0 Å². The molecule has 1 atom stereocenters. The molecule has 1 radical (unpaired) electrons. The molecule has 0 saturated carbocycles. The number of hydrogen-bond acceptors (Lipinski definition) is 0. The maximum atomic E-state index is 2.37. The van der Waals surface area contributed by atoms with E-state index in [1.807, 2.05) is 5.92 Å². The zero-order chi connectivity index (χ0) is 28.5. The average molecular weight is 548 g/mol. The van der Waals surface area contributed by atoms with Gasteiger partial charge in [-0.25, -0.2) is 0 Å². The van der Waals surface area contributed by atoms with Gasteiger partial charge in [0.05, 0.1) is 0 Å². The highest BCUT2D eigenvalue weighted by atomic mass is 14.3. The van der Waals surface area contributed by atoms with Gasteiger partial charge in [0.1, 0.15) is 0 Å². The molecule has 0 aromatic heterocycles. The van der Waals surface area contributed by atoms with Gasteiger partial charge in [-0.05, 0) is 37.5 Å². The van der Waals surface area contributed by atoms with Gasteiger partial charge in [-0.15, -0.1) is 0 Å². The Labute approximate surface area is 251 Å². The summed E-state index contributed by atoms with van der Waals surface area (Å²) in [5, 5.41) is 0. The molecular formula is C39H79. The Balaban J connectivity index is 4.33. The van der Waals surface area contributed by atoms with E-state index in [4.69, 9.17) is 0 Å². The lowest BCUT2D eigenvalue weighted by molar-refractivity contribution is 0.373. The van der Waals surface area contributed by atoms with Crippen LogP contribution in [0.5, 0.6) is 0 Å². The average Bonchev–Trinajstić information content (AvgIpc) is 2.95. The Kier molecular flexibility index (Phi) is 34.2. The lowest BCUT2D eigenvalue weighted by Gasteiger charge is -2.27. The molecular weight excluding hydrogens is 468 g/mol. The monoisotopic (exact) mass is 548 g/mol. The third-order valence-corrected chi connectivity index (χ3v) is 9.34. The van der Waals surface area contributed by atoms with Gasteiger partial charge in [0.25, 0.3) is 0 Å². The first-order chi connectivity index (χ1) is 19.3. The minimum absolute atomic E-state index is 0.945. The summed E-state index contributed by atoms with van der Waals surface area (Å²) < 4.78 is 0. The Hall–Kier alpha value is 0. The molecule has 0 spiro atoms. The summed E-state index contributed by atoms with van der Waals surface area (Å²) in [5.41, 5.74) is 0. The van der Waals surface area contributed by atoms with Crippen molar-refractivity contribution in [3.05, 3.63) is 5.92 Å². The molecule has 0 heteroatoms. The summed E-state index contributed by atoms with van der Waals surface area (Å²) in [6.45, 7) is 9.37. The summed E-state index contributed by atoms with van der Waals surface area (Å²) in [6.07, 6.45) is 48.2. The predicted molar refractivity (Wildman–Crippen MR) is 182 cm³/mol. The van der Waals surface area contributed by atoms with Crippen molar-refractivity contribution in [1.82, 2.24) is 0 Å². The Morgan fingerprint density at radius 2 is 0.513 bits per heavy atom. The molecule has 0 fully saturated rings. The zero-order valence-corrected chi connectivity index (χ0v) is 28.4. The largest absolute Gasteiger partial charge is 0.0654 e. The van der Waals surface area contributed by atoms with E-state index in [0.717, 1.165) is 5.92 Å². The van der Waals surface area contributed by atoms with E-state index in [1.165, 1.54) is 212 Å². The quantitative estimate of drug-likeness (QED) is 0.0702. The third-order valence-electron chi connectivity index (χ3n) is 9.34. The normalized spacial score (nSPS) is 12.5. The first-order valence-corrected chi connectivity index (χ1v) is 19.1. The van der Waals surface area contributed by atoms with Crippen molar-refractivity contribution in [2.75, 3.05) is 0 Å². The second-order valence-electron chi connectivity index (χ2n) is 13.3. The maximum Gasteiger partial charge on any atom is -0.0210 e.